The maximum Gasteiger partial charge on any atom is 0.270 e. The summed E-state index contributed by atoms with van der Waals surface area (Å²) in [4.78, 5) is 24.2. The number of H-pyrrole nitrogens is 1. The molecule has 1 unspecified atom stereocenters. The third kappa shape index (κ3) is 2.48. The van der Waals surface area contributed by atoms with Crippen molar-refractivity contribution >= 4 is 11.8 Å². The zero-order valence-electron chi connectivity index (χ0n) is 13.5. The predicted octanol–water partition coefficient (Wildman–Crippen LogP) is 2.27. The van der Waals surface area contributed by atoms with E-state index >= 15 is 0 Å². The number of nitrogens with zero attached hydrogens (tertiary/aromatic N) is 1. The van der Waals surface area contributed by atoms with Crippen LogP contribution in [0.1, 0.15) is 38.0 Å². The fourth-order valence-electron chi connectivity index (χ4n) is 3.15. The minimum atomic E-state index is -0.346. The van der Waals surface area contributed by atoms with E-state index < -0.39 is 0 Å². The Hall–Kier alpha value is -3.41. The summed E-state index contributed by atoms with van der Waals surface area (Å²) in [6.07, 6.45) is 0. The smallest absolute Gasteiger partial charge is 0.270 e. The molecule has 1 aliphatic rings. The number of carbonyl (C=O) groups is 2. The zero-order chi connectivity index (χ0) is 17.4. The second kappa shape index (κ2) is 5.90. The highest BCUT2D eigenvalue weighted by molar-refractivity contribution is 6.00. The lowest BCUT2D eigenvalue weighted by molar-refractivity contribution is 0.0952. The molecule has 1 aromatic heterocycles. The molecular formula is C19H16N4O2. The summed E-state index contributed by atoms with van der Waals surface area (Å²) in [7, 11) is 1.59. The molecule has 0 saturated heterocycles. The molecule has 0 aliphatic carbocycles. The lowest BCUT2D eigenvalue weighted by atomic mass is 9.95. The molecule has 2 aromatic carbocycles. The number of aromatic amines is 1. The average molecular weight is 332 g/mol. The van der Waals surface area contributed by atoms with Gasteiger partial charge in [-0.2, -0.15) is 5.10 Å². The molecule has 3 N–H and O–H groups in total. The highest BCUT2D eigenvalue weighted by atomic mass is 16.2. The summed E-state index contributed by atoms with van der Waals surface area (Å²) in [5.74, 6) is -0.359. The van der Waals surface area contributed by atoms with E-state index in [1.807, 2.05) is 42.5 Å². The molecule has 0 bridgehead atoms. The van der Waals surface area contributed by atoms with Gasteiger partial charge in [-0.1, -0.05) is 42.5 Å². The molecule has 6 nitrogen and oxygen atoms in total. The number of nitrogens with one attached hydrogen (secondary N) is 3. The molecule has 3 aromatic rings. The van der Waals surface area contributed by atoms with Gasteiger partial charge in [-0.15, -0.1) is 0 Å². The summed E-state index contributed by atoms with van der Waals surface area (Å²) >= 11 is 0. The van der Waals surface area contributed by atoms with Crippen molar-refractivity contribution in [3.05, 3.63) is 77.0 Å². The van der Waals surface area contributed by atoms with Crippen LogP contribution >= 0.6 is 0 Å². The Morgan fingerprint density at radius 2 is 1.92 bits per heavy atom. The van der Waals surface area contributed by atoms with Gasteiger partial charge in [0, 0.05) is 23.7 Å². The number of hydrogen-bond acceptors (Lipinski definition) is 3. The lowest BCUT2D eigenvalue weighted by Gasteiger charge is -2.14. The highest BCUT2D eigenvalue weighted by Gasteiger charge is 2.35. The monoisotopic (exact) mass is 332 g/mol. The molecule has 0 radical (unpaired) electrons. The Balaban J connectivity index is 1.82. The third-order valence-corrected chi connectivity index (χ3v) is 4.35. The van der Waals surface area contributed by atoms with Gasteiger partial charge in [0.2, 0.25) is 0 Å². The average Bonchev–Trinajstić information content (AvgIpc) is 3.23. The molecule has 1 atom stereocenters. The van der Waals surface area contributed by atoms with Crippen LogP contribution in [-0.4, -0.2) is 29.1 Å². The number of amides is 2. The van der Waals surface area contributed by atoms with Crippen LogP contribution in [0.3, 0.4) is 0 Å². The number of aromatic nitrogens is 2. The van der Waals surface area contributed by atoms with Gasteiger partial charge >= 0.3 is 0 Å². The van der Waals surface area contributed by atoms with Crippen LogP contribution in [0.2, 0.25) is 0 Å². The largest absolute Gasteiger partial charge is 0.355 e. The fraction of sp³-hybridized carbons (Fsp3) is 0.105. The second-order valence-electron chi connectivity index (χ2n) is 5.84. The molecule has 0 saturated carbocycles. The Labute approximate surface area is 144 Å². The Kier molecular flexibility index (Phi) is 3.57. The van der Waals surface area contributed by atoms with E-state index in [0.29, 0.717) is 11.3 Å². The maximum atomic E-state index is 12.3. The molecule has 0 fully saturated rings. The summed E-state index contributed by atoms with van der Waals surface area (Å²) in [6.45, 7) is 0. The first-order valence-corrected chi connectivity index (χ1v) is 7.95. The van der Waals surface area contributed by atoms with E-state index in [0.717, 1.165) is 22.4 Å². The van der Waals surface area contributed by atoms with Crippen LogP contribution < -0.4 is 10.6 Å². The van der Waals surface area contributed by atoms with Gasteiger partial charge in [-0.3, -0.25) is 14.7 Å². The SMILES string of the molecule is CNC(=O)c1cccc(C2NC(=O)c3[nH]nc(-c4ccccc4)c32)c1. The van der Waals surface area contributed by atoms with Crippen molar-refractivity contribution in [1.29, 1.82) is 0 Å². The van der Waals surface area contributed by atoms with E-state index in [4.69, 9.17) is 0 Å². The molecule has 0 spiro atoms. The number of hydrogen-bond donors (Lipinski definition) is 3. The van der Waals surface area contributed by atoms with Gasteiger partial charge in [0.1, 0.15) is 5.69 Å². The molecule has 25 heavy (non-hydrogen) atoms. The van der Waals surface area contributed by atoms with Crippen molar-refractivity contribution < 1.29 is 9.59 Å². The Morgan fingerprint density at radius 3 is 2.68 bits per heavy atom. The first kappa shape index (κ1) is 15.1. The van der Waals surface area contributed by atoms with Gasteiger partial charge in [0.25, 0.3) is 11.8 Å². The molecule has 2 amide bonds. The molecule has 124 valence electrons. The van der Waals surface area contributed by atoms with Crippen LogP contribution in [0.15, 0.2) is 54.6 Å². The van der Waals surface area contributed by atoms with Crippen LogP contribution in [0.5, 0.6) is 0 Å². The van der Waals surface area contributed by atoms with Gasteiger partial charge in [-0.05, 0) is 17.7 Å². The van der Waals surface area contributed by atoms with Crippen LogP contribution in [-0.2, 0) is 0 Å². The fourth-order valence-corrected chi connectivity index (χ4v) is 3.15. The first-order chi connectivity index (χ1) is 12.2. The third-order valence-electron chi connectivity index (χ3n) is 4.35. The second-order valence-corrected chi connectivity index (χ2v) is 5.84. The van der Waals surface area contributed by atoms with E-state index in [9.17, 15) is 9.59 Å². The minimum absolute atomic E-state index is 0.165. The van der Waals surface area contributed by atoms with Crippen molar-refractivity contribution in [2.24, 2.45) is 0 Å². The van der Waals surface area contributed by atoms with Crippen LogP contribution in [0.4, 0.5) is 0 Å². The highest BCUT2D eigenvalue weighted by Crippen LogP contribution is 2.37. The lowest BCUT2D eigenvalue weighted by Crippen LogP contribution is -2.22. The van der Waals surface area contributed by atoms with E-state index in [-0.39, 0.29) is 17.9 Å². The Morgan fingerprint density at radius 1 is 1.12 bits per heavy atom. The van der Waals surface area contributed by atoms with Crippen molar-refractivity contribution in [3.63, 3.8) is 0 Å². The molecule has 1 aliphatic heterocycles. The normalized spacial score (nSPS) is 15.6. The topological polar surface area (TPSA) is 86.9 Å². The van der Waals surface area contributed by atoms with Gasteiger partial charge in [-0.25, -0.2) is 0 Å². The quantitative estimate of drug-likeness (QED) is 0.687. The number of rotatable bonds is 3. The Bertz CT molecular complexity index is 963. The molecule has 6 heteroatoms. The van der Waals surface area contributed by atoms with Crippen LogP contribution in [0, 0.1) is 0 Å². The van der Waals surface area contributed by atoms with Gasteiger partial charge < -0.3 is 10.6 Å². The van der Waals surface area contributed by atoms with E-state index in [1.54, 1.807) is 19.2 Å². The van der Waals surface area contributed by atoms with Gasteiger partial charge in [0.15, 0.2) is 0 Å². The van der Waals surface area contributed by atoms with Crippen LogP contribution in [0.25, 0.3) is 11.3 Å². The number of carbonyl (C=O) groups excluding carboxylic acids is 2. The van der Waals surface area contributed by atoms with Crippen molar-refractivity contribution in [1.82, 2.24) is 20.8 Å². The zero-order valence-corrected chi connectivity index (χ0v) is 13.5. The molecule has 2 heterocycles. The minimum Gasteiger partial charge on any atom is -0.355 e. The number of benzene rings is 2. The van der Waals surface area contributed by atoms with Crippen molar-refractivity contribution in [3.8, 4) is 11.3 Å². The van der Waals surface area contributed by atoms with Gasteiger partial charge in [0.05, 0.1) is 11.7 Å². The summed E-state index contributed by atoms with van der Waals surface area (Å²) in [5, 5.41) is 12.8. The maximum absolute atomic E-state index is 12.3. The summed E-state index contributed by atoms with van der Waals surface area (Å²) in [5.41, 5.74) is 4.34. The van der Waals surface area contributed by atoms with Crippen molar-refractivity contribution in [2.45, 2.75) is 6.04 Å². The molecule has 4 rings (SSSR count). The first-order valence-electron chi connectivity index (χ1n) is 7.95. The van der Waals surface area contributed by atoms with E-state index in [1.165, 1.54) is 0 Å². The standard InChI is InChI=1S/C19H16N4O2/c1-20-18(24)13-9-5-8-12(10-13)15-14-16(11-6-3-2-4-7-11)22-23-17(14)19(25)21-15/h2-10,15H,1H3,(H,20,24)(H,21,25)(H,22,23). The molecular weight excluding hydrogens is 316 g/mol. The number of fused-ring (bicyclic) bond motifs is 1. The summed E-state index contributed by atoms with van der Waals surface area (Å²) in [6, 6.07) is 16.6. The van der Waals surface area contributed by atoms with Crippen molar-refractivity contribution in [2.75, 3.05) is 7.05 Å². The van der Waals surface area contributed by atoms with E-state index in [2.05, 4.69) is 20.8 Å². The summed E-state index contributed by atoms with van der Waals surface area (Å²) < 4.78 is 0. The predicted molar refractivity (Wildman–Crippen MR) is 93.2 cm³/mol.